The lowest BCUT2D eigenvalue weighted by Crippen LogP contribution is -2.40. The maximum absolute atomic E-state index is 14.8. The van der Waals surface area contributed by atoms with E-state index in [9.17, 15) is 26.4 Å². The molecule has 8 nitrogen and oxygen atoms in total. The molecule has 1 aliphatic carbocycles. The maximum atomic E-state index is 14.8. The van der Waals surface area contributed by atoms with Crippen molar-refractivity contribution in [2.75, 3.05) is 5.32 Å². The topological polar surface area (TPSA) is 107 Å². The molecule has 0 spiro atoms. The molecule has 5 rings (SSSR count). The van der Waals surface area contributed by atoms with Crippen molar-refractivity contribution in [1.82, 2.24) is 19.8 Å². The van der Waals surface area contributed by atoms with Crippen molar-refractivity contribution < 1.29 is 26.4 Å². The molecule has 2 aliphatic rings. The molecule has 2 aromatic carbocycles. The van der Waals surface area contributed by atoms with E-state index >= 15 is 0 Å². The number of carbonyl (C=O) groups is 1. The van der Waals surface area contributed by atoms with Crippen molar-refractivity contribution >= 4 is 21.7 Å². The van der Waals surface area contributed by atoms with Crippen LogP contribution in [0.2, 0.25) is 0 Å². The summed E-state index contributed by atoms with van der Waals surface area (Å²) in [6.45, 7) is 3.32. The molecule has 2 heterocycles. The van der Waals surface area contributed by atoms with E-state index < -0.39 is 43.8 Å². The number of amides is 1. The van der Waals surface area contributed by atoms with Gasteiger partial charge >= 0.3 is 0 Å². The summed E-state index contributed by atoms with van der Waals surface area (Å²) in [5, 5.41) is 12.8. The Bertz CT molecular complexity index is 1460. The van der Waals surface area contributed by atoms with Crippen molar-refractivity contribution in [3.8, 4) is 0 Å². The fourth-order valence-corrected chi connectivity index (χ4v) is 6.56. The van der Waals surface area contributed by atoms with E-state index in [4.69, 9.17) is 0 Å². The third-order valence-corrected chi connectivity index (χ3v) is 9.07. The van der Waals surface area contributed by atoms with Gasteiger partial charge in [0, 0.05) is 30.8 Å². The third kappa shape index (κ3) is 4.53. The number of sulfonamides is 1. The van der Waals surface area contributed by atoms with Crippen LogP contribution >= 0.6 is 0 Å². The van der Waals surface area contributed by atoms with Crippen LogP contribution in [-0.2, 0) is 28.7 Å². The normalized spacial score (nSPS) is 17.4. The van der Waals surface area contributed by atoms with Crippen molar-refractivity contribution in [1.29, 1.82) is 0 Å². The van der Waals surface area contributed by atoms with Gasteiger partial charge in [0.05, 0.1) is 21.7 Å². The van der Waals surface area contributed by atoms with Gasteiger partial charge in [-0.25, -0.2) is 21.6 Å². The Hall–Kier alpha value is -3.22. The Morgan fingerprint density at radius 3 is 2.51 bits per heavy atom. The third-order valence-electron chi connectivity index (χ3n) is 7.07. The van der Waals surface area contributed by atoms with Crippen LogP contribution in [0.25, 0.3) is 0 Å². The van der Waals surface area contributed by atoms with Gasteiger partial charge in [0.25, 0.3) is 5.91 Å². The molecule has 196 valence electrons. The summed E-state index contributed by atoms with van der Waals surface area (Å²) in [5.74, 6) is -3.39. The smallest absolute Gasteiger partial charge is 0.260 e. The zero-order valence-corrected chi connectivity index (χ0v) is 21.1. The number of nitrogens with one attached hydrogen (secondary N) is 3. The molecule has 1 fully saturated rings. The maximum Gasteiger partial charge on any atom is 0.260 e. The van der Waals surface area contributed by atoms with E-state index in [1.807, 2.05) is 0 Å². The fraction of sp³-hybridized carbons (Fsp3) is 0.360. The first kappa shape index (κ1) is 25.4. The number of halogens is 3. The number of rotatable bonds is 7. The van der Waals surface area contributed by atoms with E-state index in [0.29, 0.717) is 35.5 Å². The monoisotopic (exact) mass is 533 g/mol. The highest BCUT2D eigenvalue weighted by Gasteiger charge is 2.48. The Balaban J connectivity index is 1.41. The summed E-state index contributed by atoms with van der Waals surface area (Å²) in [7, 11) is -4.33. The highest BCUT2D eigenvalue weighted by Crippen LogP contribution is 2.44. The molecule has 3 N–H and O–H groups in total. The zero-order valence-electron chi connectivity index (χ0n) is 20.2. The van der Waals surface area contributed by atoms with Gasteiger partial charge in [-0.3, -0.25) is 9.89 Å². The molecule has 0 radical (unpaired) electrons. The molecular formula is C25H26F3N5O3S. The number of aromatic amines is 1. The van der Waals surface area contributed by atoms with E-state index in [0.717, 1.165) is 35.7 Å². The number of hydrogen-bond donors (Lipinski definition) is 3. The second-order valence-electron chi connectivity index (χ2n) is 9.84. The summed E-state index contributed by atoms with van der Waals surface area (Å²) in [6.07, 6.45) is 3.21. The summed E-state index contributed by atoms with van der Waals surface area (Å²) in [6, 6.07) is 6.85. The van der Waals surface area contributed by atoms with Gasteiger partial charge in [-0.1, -0.05) is 18.6 Å². The molecule has 12 heteroatoms. The summed E-state index contributed by atoms with van der Waals surface area (Å²) < 4.78 is 70.0. The quantitative estimate of drug-likeness (QED) is 0.423. The largest absolute Gasteiger partial charge is 0.310 e. The highest BCUT2D eigenvalue weighted by atomic mass is 32.2. The van der Waals surface area contributed by atoms with E-state index in [1.54, 1.807) is 19.9 Å². The first-order chi connectivity index (χ1) is 17.5. The van der Waals surface area contributed by atoms with Crippen LogP contribution in [0, 0.1) is 17.5 Å². The van der Waals surface area contributed by atoms with Gasteiger partial charge in [-0.15, -0.1) is 0 Å². The molecular weight excluding hydrogens is 507 g/mol. The summed E-state index contributed by atoms with van der Waals surface area (Å²) in [4.78, 5) is 12.6. The summed E-state index contributed by atoms with van der Waals surface area (Å²) >= 11 is 0. The number of carbonyl (C=O) groups excluding carboxylic acids is 1. The number of anilines is 1. The standard InChI is InChI=1S/C25H26F3N5O3S/c1-25(2)22-19(13-33(25)37(35,36)18-10-15(26)9-16(27)11-18)23(32-31-22)30-24(34)21-14(5-3-8-20(21)28)12-29-17-6-4-7-17/h3,5,8-11,17,29H,4,6-7,12-13H2,1-2H3,(H2,30,31,32,34). The Morgan fingerprint density at radius 2 is 1.86 bits per heavy atom. The van der Waals surface area contributed by atoms with Crippen molar-refractivity contribution in [2.45, 2.75) is 62.7 Å². The Kier molecular flexibility index (Phi) is 6.37. The van der Waals surface area contributed by atoms with Crippen LogP contribution in [0.3, 0.4) is 0 Å². The van der Waals surface area contributed by atoms with Crippen LogP contribution in [0.5, 0.6) is 0 Å². The zero-order chi connectivity index (χ0) is 26.5. The molecule has 0 atom stereocenters. The number of nitrogens with zero attached hydrogens (tertiary/aromatic N) is 2. The lowest BCUT2D eigenvalue weighted by molar-refractivity contribution is 0.102. The Labute approximate surface area is 212 Å². The summed E-state index contributed by atoms with van der Waals surface area (Å²) in [5.41, 5.74) is -0.0202. The first-order valence-electron chi connectivity index (χ1n) is 11.9. The van der Waals surface area contributed by atoms with Crippen LogP contribution in [0.15, 0.2) is 41.3 Å². The second kappa shape index (κ2) is 9.26. The molecule has 1 aliphatic heterocycles. The molecule has 0 bridgehead atoms. The lowest BCUT2D eigenvalue weighted by Gasteiger charge is -2.30. The van der Waals surface area contributed by atoms with Crippen LogP contribution in [0.4, 0.5) is 19.0 Å². The fourth-order valence-electron chi connectivity index (χ4n) is 4.79. The van der Waals surface area contributed by atoms with Crippen LogP contribution in [-0.4, -0.2) is 34.9 Å². The van der Waals surface area contributed by atoms with Crippen molar-refractivity contribution in [3.63, 3.8) is 0 Å². The van der Waals surface area contributed by atoms with E-state index in [2.05, 4.69) is 20.8 Å². The predicted octanol–water partition coefficient (Wildman–Crippen LogP) is 4.16. The number of hydrogen-bond acceptors (Lipinski definition) is 5. The van der Waals surface area contributed by atoms with Gasteiger partial charge in [0.15, 0.2) is 5.82 Å². The van der Waals surface area contributed by atoms with Gasteiger partial charge in [0.1, 0.15) is 17.5 Å². The minimum Gasteiger partial charge on any atom is -0.310 e. The molecule has 1 amide bonds. The van der Waals surface area contributed by atoms with Crippen LogP contribution < -0.4 is 10.6 Å². The minimum atomic E-state index is -4.33. The van der Waals surface area contributed by atoms with Gasteiger partial charge in [0.2, 0.25) is 10.0 Å². The van der Waals surface area contributed by atoms with Crippen molar-refractivity contribution in [3.05, 3.63) is 76.2 Å². The Morgan fingerprint density at radius 1 is 1.16 bits per heavy atom. The average molecular weight is 534 g/mol. The van der Waals surface area contributed by atoms with Gasteiger partial charge < -0.3 is 10.6 Å². The van der Waals surface area contributed by atoms with Gasteiger partial charge in [-0.05, 0) is 50.5 Å². The number of fused-ring (bicyclic) bond motifs is 1. The number of benzene rings is 2. The molecule has 0 saturated heterocycles. The molecule has 37 heavy (non-hydrogen) atoms. The molecule has 1 aromatic heterocycles. The lowest BCUT2D eigenvalue weighted by atomic mass is 9.93. The van der Waals surface area contributed by atoms with E-state index in [1.165, 1.54) is 12.1 Å². The minimum absolute atomic E-state index is 0.0531. The molecule has 3 aromatic rings. The van der Waals surface area contributed by atoms with Gasteiger partial charge in [-0.2, -0.15) is 9.40 Å². The van der Waals surface area contributed by atoms with Crippen molar-refractivity contribution in [2.24, 2.45) is 0 Å². The first-order valence-corrected chi connectivity index (χ1v) is 13.3. The van der Waals surface area contributed by atoms with E-state index in [-0.39, 0.29) is 17.9 Å². The second-order valence-corrected chi connectivity index (χ2v) is 11.7. The predicted molar refractivity (Wildman–Crippen MR) is 130 cm³/mol. The average Bonchev–Trinajstić information content (AvgIpc) is 3.30. The van der Waals surface area contributed by atoms with Crippen LogP contribution in [0.1, 0.15) is 60.3 Å². The highest BCUT2D eigenvalue weighted by molar-refractivity contribution is 7.89. The SMILES string of the molecule is CC1(C)c2[nH]nc(NC(=O)c3c(F)cccc3CNC3CCC3)c2CN1S(=O)(=O)c1cc(F)cc(F)c1. The molecule has 0 unspecified atom stereocenters. The number of aromatic nitrogens is 2. The molecule has 1 saturated carbocycles. The number of H-pyrrole nitrogens is 1.